The summed E-state index contributed by atoms with van der Waals surface area (Å²) in [6, 6.07) is 29.7. The maximum absolute atomic E-state index is 12.7. The van der Waals surface area contributed by atoms with Gasteiger partial charge in [-0.1, -0.05) is 133 Å². The van der Waals surface area contributed by atoms with Gasteiger partial charge in [-0.25, -0.2) is 19.6 Å². The van der Waals surface area contributed by atoms with Crippen molar-refractivity contribution in [2.45, 2.75) is 113 Å². The largest absolute Gasteiger partial charge is 0.444 e. The predicted molar refractivity (Wildman–Crippen MR) is 220 cm³/mol. The highest BCUT2D eigenvalue weighted by atomic mass is 16.6. The molecule has 3 aromatic carbocycles. The molecule has 0 aliphatic rings. The molecule has 3 N–H and O–H groups in total. The lowest BCUT2D eigenvalue weighted by Gasteiger charge is -2.32. The first-order chi connectivity index (χ1) is 25.6. The van der Waals surface area contributed by atoms with E-state index < -0.39 is 23.4 Å². The van der Waals surface area contributed by atoms with Crippen LogP contribution in [0.15, 0.2) is 103 Å². The van der Waals surface area contributed by atoms with Gasteiger partial charge in [0, 0.05) is 18.3 Å². The third-order valence-corrected chi connectivity index (χ3v) is 8.34. The maximum atomic E-state index is 12.7. The van der Waals surface area contributed by atoms with Crippen molar-refractivity contribution in [3.05, 3.63) is 121 Å². The molecule has 2 heterocycles. The zero-order valence-corrected chi connectivity index (χ0v) is 34.7. The maximum Gasteiger partial charge on any atom is 0.408 e. The minimum atomic E-state index is -0.568. The Morgan fingerprint density at radius 3 is 1.58 bits per heavy atom. The van der Waals surface area contributed by atoms with Crippen LogP contribution in [-0.4, -0.2) is 42.9 Å². The van der Waals surface area contributed by atoms with Crippen LogP contribution in [0.4, 0.5) is 9.59 Å². The van der Waals surface area contributed by atoms with Crippen molar-refractivity contribution >= 4 is 12.2 Å². The number of H-pyrrole nitrogens is 1. The van der Waals surface area contributed by atoms with Gasteiger partial charge in [0.2, 0.25) is 0 Å². The van der Waals surface area contributed by atoms with Gasteiger partial charge in [-0.2, -0.15) is 0 Å². The summed E-state index contributed by atoms with van der Waals surface area (Å²) in [6.45, 7) is 24.2. The summed E-state index contributed by atoms with van der Waals surface area (Å²) in [5.74, 6) is 1.52. The van der Waals surface area contributed by atoms with Gasteiger partial charge in [0.05, 0.1) is 29.7 Å². The Hall–Kier alpha value is -5.38. The third-order valence-electron chi connectivity index (χ3n) is 8.34. The van der Waals surface area contributed by atoms with Crippen molar-refractivity contribution in [2.24, 2.45) is 10.8 Å². The number of imidazole rings is 2. The number of aromatic nitrogens is 4. The molecule has 55 heavy (non-hydrogen) atoms. The molecule has 0 saturated heterocycles. The second-order valence-corrected chi connectivity index (χ2v) is 17.9. The summed E-state index contributed by atoms with van der Waals surface area (Å²) in [5.41, 5.74) is 3.48. The van der Waals surface area contributed by atoms with E-state index in [4.69, 9.17) is 14.5 Å². The van der Waals surface area contributed by atoms with Crippen molar-refractivity contribution in [1.29, 1.82) is 0 Å². The average Bonchev–Trinajstić information content (AvgIpc) is 3.73. The molecule has 0 radical (unpaired) electrons. The number of hydrogen-bond donors (Lipinski definition) is 3. The molecule has 0 bridgehead atoms. The zero-order valence-electron chi connectivity index (χ0n) is 34.7. The Morgan fingerprint density at radius 2 is 1.11 bits per heavy atom. The van der Waals surface area contributed by atoms with E-state index in [1.165, 1.54) is 5.56 Å². The average molecular weight is 749 g/mol. The lowest BCUT2D eigenvalue weighted by atomic mass is 9.86. The van der Waals surface area contributed by atoms with Gasteiger partial charge < -0.3 is 29.7 Å². The molecule has 2 amide bonds. The molecule has 0 aliphatic heterocycles. The van der Waals surface area contributed by atoms with Crippen LogP contribution in [0.25, 0.3) is 22.5 Å². The molecule has 0 saturated carbocycles. The summed E-state index contributed by atoms with van der Waals surface area (Å²) in [4.78, 5) is 37.6. The van der Waals surface area contributed by atoms with Crippen LogP contribution < -0.4 is 10.6 Å². The number of alkyl carbamates (subject to hydrolysis) is 2. The molecule has 0 fully saturated rings. The molecule has 0 aliphatic carbocycles. The molecule has 10 nitrogen and oxygen atoms in total. The SMILES string of the molecule is CC(C)(C)OC(=O)N[C@@H](c1nc(-c2ccccc2)cn1Cc1ccccc1)C(C)(C)C.CC(C)(C)OC(=O)N[C@@H](c1ncc(-c2ccccc2)[nH]1)C(C)(C)C. The van der Waals surface area contributed by atoms with E-state index in [9.17, 15) is 9.59 Å². The smallest absolute Gasteiger partial charge is 0.408 e. The first kappa shape index (κ1) is 42.4. The van der Waals surface area contributed by atoms with Gasteiger partial charge in [-0.05, 0) is 63.5 Å². The summed E-state index contributed by atoms with van der Waals surface area (Å²) >= 11 is 0. The molecule has 10 heteroatoms. The van der Waals surface area contributed by atoms with Crippen LogP contribution in [0.3, 0.4) is 0 Å². The molecule has 5 aromatic rings. The molecule has 0 spiro atoms. The number of ether oxygens (including phenoxy) is 2. The predicted octanol–water partition coefficient (Wildman–Crippen LogP) is 10.9. The number of rotatable bonds is 8. The standard InChI is InChI=1S/C26H33N3O2.C19H27N3O2/c1-25(2,3)22(28-24(30)31-26(4,5)6)23-27-21(20-15-11-8-12-16-20)18-29(23)17-19-13-9-7-10-14-19;1-18(2,3)15(22-17(23)24-19(4,5)6)16-20-12-14(21-16)13-10-8-7-9-11-13/h7-16,18,22H,17H2,1-6H3,(H,28,30);7-12,15H,1-6H3,(H,20,21)(H,22,23)/t22-;15-/m00/s1. The van der Waals surface area contributed by atoms with Crippen molar-refractivity contribution in [2.75, 3.05) is 0 Å². The second-order valence-electron chi connectivity index (χ2n) is 17.9. The Morgan fingerprint density at radius 1 is 0.655 bits per heavy atom. The van der Waals surface area contributed by atoms with Crippen LogP contribution in [-0.2, 0) is 16.0 Å². The number of amides is 2. The van der Waals surface area contributed by atoms with Gasteiger partial charge in [0.15, 0.2) is 0 Å². The minimum absolute atomic E-state index is 0.220. The number of benzene rings is 3. The summed E-state index contributed by atoms with van der Waals surface area (Å²) in [7, 11) is 0. The molecular weight excluding hydrogens is 689 g/mol. The Balaban J connectivity index is 0.000000253. The fourth-order valence-corrected chi connectivity index (χ4v) is 5.78. The van der Waals surface area contributed by atoms with Gasteiger partial charge in [0.1, 0.15) is 22.9 Å². The number of carbonyl (C=O) groups is 2. The van der Waals surface area contributed by atoms with Gasteiger partial charge in [-0.15, -0.1) is 0 Å². The third kappa shape index (κ3) is 13.2. The number of carbonyl (C=O) groups excluding carboxylic acids is 2. The molecule has 2 atom stereocenters. The molecule has 5 rings (SSSR count). The number of hydrogen-bond acceptors (Lipinski definition) is 6. The van der Waals surface area contributed by atoms with Gasteiger partial charge in [-0.3, -0.25) is 0 Å². The molecule has 294 valence electrons. The van der Waals surface area contributed by atoms with E-state index in [0.717, 1.165) is 28.3 Å². The summed E-state index contributed by atoms with van der Waals surface area (Å²) < 4.78 is 13.1. The lowest BCUT2D eigenvalue weighted by Crippen LogP contribution is -2.41. The Kier molecular flexibility index (Phi) is 13.4. The summed E-state index contributed by atoms with van der Waals surface area (Å²) in [5, 5.41) is 6.02. The second kappa shape index (κ2) is 17.4. The Bertz CT molecular complexity index is 1960. The van der Waals surface area contributed by atoms with Crippen LogP contribution in [0, 0.1) is 10.8 Å². The van der Waals surface area contributed by atoms with Crippen LogP contribution >= 0.6 is 0 Å². The number of nitrogens with one attached hydrogen (secondary N) is 3. The highest BCUT2D eigenvalue weighted by Crippen LogP contribution is 2.35. The van der Waals surface area contributed by atoms with E-state index in [-0.39, 0.29) is 22.9 Å². The van der Waals surface area contributed by atoms with Crippen LogP contribution in [0.2, 0.25) is 0 Å². The van der Waals surface area contributed by atoms with E-state index >= 15 is 0 Å². The molecule has 0 unspecified atom stereocenters. The molecule has 2 aromatic heterocycles. The van der Waals surface area contributed by atoms with E-state index in [1.54, 1.807) is 6.20 Å². The normalized spacial score (nSPS) is 13.2. The van der Waals surface area contributed by atoms with Crippen molar-refractivity contribution in [3.8, 4) is 22.5 Å². The fraction of sp³-hybridized carbons (Fsp3) is 0.422. The van der Waals surface area contributed by atoms with E-state index in [1.807, 2.05) is 120 Å². The van der Waals surface area contributed by atoms with Crippen molar-refractivity contribution < 1.29 is 19.1 Å². The quantitative estimate of drug-likeness (QED) is 0.145. The van der Waals surface area contributed by atoms with Gasteiger partial charge >= 0.3 is 12.2 Å². The number of aromatic amines is 1. The van der Waals surface area contributed by atoms with Crippen molar-refractivity contribution in [3.63, 3.8) is 0 Å². The van der Waals surface area contributed by atoms with Crippen LogP contribution in [0.1, 0.15) is 112 Å². The zero-order chi connectivity index (χ0) is 40.6. The first-order valence-corrected chi connectivity index (χ1v) is 18.8. The minimum Gasteiger partial charge on any atom is -0.444 e. The van der Waals surface area contributed by atoms with Gasteiger partial charge in [0.25, 0.3) is 0 Å². The molecular formula is C45H60N6O4. The topological polar surface area (TPSA) is 123 Å². The van der Waals surface area contributed by atoms with E-state index in [2.05, 4.69) is 85.0 Å². The highest BCUT2D eigenvalue weighted by Gasteiger charge is 2.34. The summed E-state index contributed by atoms with van der Waals surface area (Å²) in [6.07, 6.45) is 2.97. The lowest BCUT2D eigenvalue weighted by molar-refractivity contribution is 0.0447. The van der Waals surface area contributed by atoms with Crippen molar-refractivity contribution in [1.82, 2.24) is 30.2 Å². The Labute approximate surface area is 327 Å². The van der Waals surface area contributed by atoms with Crippen LogP contribution in [0.5, 0.6) is 0 Å². The van der Waals surface area contributed by atoms with E-state index in [0.29, 0.717) is 12.4 Å². The first-order valence-electron chi connectivity index (χ1n) is 18.8. The number of nitrogens with zero attached hydrogens (tertiary/aromatic N) is 3. The monoisotopic (exact) mass is 748 g/mol. The fourth-order valence-electron chi connectivity index (χ4n) is 5.78. The highest BCUT2D eigenvalue weighted by molar-refractivity contribution is 5.69.